The van der Waals surface area contributed by atoms with E-state index < -0.39 is 6.10 Å². The molecule has 0 fully saturated rings. The molecule has 0 aliphatic rings. The van der Waals surface area contributed by atoms with Crippen LogP contribution in [0.1, 0.15) is 36.1 Å². The first-order valence-electron chi connectivity index (χ1n) is 7.83. The van der Waals surface area contributed by atoms with E-state index in [1.807, 2.05) is 69.3 Å². The van der Waals surface area contributed by atoms with Gasteiger partial charge in [0.15, 0.2) is 0 Å². The van der Waals surface area contributed by atoms with Crippen LogP contribution in [-0.2, 0) is 0 Å². The van der Waals surface area contributed by atoms with E-state index in [-0.39, 0.29) is 12.1 Å². The third-order valence-corrected chi connectivity index (χ3v) is 3.78. The van der Waals surface area contributed by atoms with Crippen LogP contribution in [0.5, 0.6) is 0 Å². The zero-order chi connectivity index (χ0) is 16.8. The first kappa shape index (κ1) is 17.0. The summed E-state index contributed by atoms with van der Waals surface area (Å²) in [4.78, 5) is 12.1. The number of anilines is 1. The van der Waals surface area contributed by atoms with Gasteiger partial charge >= 0.3 is 6.03 Å². The summed E-state index contributed by atoms with van der Waals surface area (Å²) in [6.07, 6.45) is -0.128. The van der Waals surface area contributed by atoms with Crippen molar-refractivity contribution in [2.24, 2.45) is 0 Å². The maximum Gasteiger partial charge on any atom is 0.319 e. The van der Waals surface area contributed by atoms with E-state index in [0.29, 0.717) is 6.42 Å². The Hall–Kier alpha value is -2.33. The largest absolute Gasteiger partial charge is 0.388 e. The van der Waals surface area contributed by atoms with E-state index >= 15 is 0 Å². The molecule has 2 atom stereocenters. The number of nitrogens with one attached hydrogen (secondary N) is 2. The second-order valence-electron chi connectivity index (χ2n) is 5.98. The third-order valence-electron chi connectivity index (χ3n) is 3.78. The van der Waals surface area contributed by atoms with Gasteiger partial charge in [-0.15, -0.1) is 0 Å². The molecule has 0 bridgehead atoms. The average Bonchev–Trinajstić information content (AvgIpc) is 2.51. The summed E-state index contributed by atoms with van der Waals surface area (Å²) < 4.78 is 0. The minimum absolute atomic E-state index is 0.143. The van der Waals surface area contributed by atoms with Crippen molar-refractivity contribution in [2.45, 2.75) is 39.3 Å². The fraction of sp³-hybridized carbons (Fsp3) is 0.316. The molecule has 3 N–H and O–H groups in total. The lowest BCUT2D eigenvalue weighted by Gasteiger charge is -2.19. The van der Waals surface area contributed by atoms with Crippen molar-refractivity contribution in [3.63, 3.8) is 0 Å². The molecule has 2 rings (SSSR count). The van der Waals surface area contributed by atoms with Crippen LogP contribution >= 0.6 is 0 Å². The molecular formula is C19H24N2O2. The Morgan fingerprint density at radius 1 is 1.13 bits per heavy atom. The van der Waals surface area contributed by atoms with Gasteiger partial charge in [0, 0.05) is 11.7 Å². The maximum atomic E-state index is 12.1. The summed E-state index contributed by atoms with van der Waals surface area (Å²) in [5.41, 5.74) is 3.77. The summed E-state index contributed by atoms with van der Waals surface area (Å²) >= 11 is 0. The zero-order valence-electron chi connectivity index (χ0n) is 13.8. The van der Waals surface area contributed by atoms with Gasteiger partial charge in [-0.25, -0.2) is 4.79 Å². The normalized spacial score (nSPS) is 13.2. The molecule has 0 saturated heterocycles. The molecule has 0 aromatic heterocycles. The first-order chi connectivity index (χ1) is 11.0. The number of aliphatic hydroxyl groups excluding tert-OH is 1. The molecule has 4 heteroatoms. The van der Waals surface area contributed by atoms with Gasteiger partial charge in [-0.05, 0) is 49.9 Å². The molecule has 0 heterocycles. The molecule has 2 aromatic carbocycles. The third kappa shape index (κ3) is 5.11. The van der Waals surface area contributed by atoms with Crippen molar-refractivity contribution in [1.82, 2.24) is 5.32 Å². The Morgan fingerprint density at radius 2 is 1.83 bits per heavy atom. The van der Waals surface area contributed by atoms with Crippen molar-refractivity contribution in [2.75, 3.05) is 5.32 Å². The highest BCUT2D eigenvalue weighted by Gasteiger charge is 2.14. The second kappa shape index (κ2) is 7.79. The zero-order valence-corrected chi connectivity index (χ0v) is 13.8. The number of urea groups is 1. The molecule has 4 nitrogen and oxygen atoms in total. The molecule has 2 unspecified atom stereocenters. The predicted octanol–water partition coefficient (Wildman–Crippen LogP) is 3.94. The van der Waals surface area contributed by atoms with Crippen LogP contribution in [-0.4, -0.2) is 17.2 Å². The summed E-state index contributed by atoms with van der Waals surface area (Å²) in [5, 5.41) is 15.9. The van der Waals surface area contributed by atoms with Crippen molar-refractivity contribution >= 4 is 11.7 Å². The van der Waals surface area contributed by atoms with Gasteiger partial charge < -0.3 is 15.7 Å². The van der Waals surface area contributed by atoms with E-state index in [9.17, 15) is 9.90 Å². The minimum Gasteiger partial charge on any atom is -0.388 e. The number of aryl methyl sites for hydroxylation is 2. The van der Waals surface area contributed by atoms with E-state index in [1.165, 1.54) is 0 Å². The quantitative estimate of drug-likeness (QED) is 0.783. The minimum atomic E-state index is -0.591. The van der Waals surface area contributed by atoms with Crippen LogP contribution in [0.15, 0.2) is 48.5 Å². The van der Waals surface area contributed by atoms with E-state index in [0.717, 1.165) is 22.4 Å². The highest BCUT2D eigenvalue weighted by atomic mass is 16.3. The number of carbonyl (C=O) groups is 1. The van der Waals surface area contributed by atoms with Crippen LogP contribution < -0.4 is 10.6 Å². The molecule has 2 aromatic rings. The van der Waals surface area contributed by atoms with Gasteiger partial charge in [0.25, 0.3) is 0 Å². The standard InChI is InChI=1S/C19H24N2O2/c1-13-9-10-14(2)17(11-13)21-19(23)20-15(3)12-18(22)16-7-5-4-6-8-16/h4-11,15,18,22H,12H2,1-3H3,(H2,20,21,23). The Labute approximate surface area is 137 Å². The van der Waals surface area contributed by atoms with Gasteiger partial charge in [0.2, 0.25) is 0 Å². The number of rotatable bonds is 5. The topological polar surface area (TPSA) is 61.4 Å². The van der Waals surface area contributed by atoms with Crippen molar-refractivity contribution in [3.8, 4) is 0 Å². The van der Waals surface area contributed by atoms with Crippen LogP contribution in [0.3, 0.4) is 0 Å². The molecule has 0 saturated carbocycles. The average molecular weight is 312 g/mol. The number of carbonyl (C=O) groups excluding carboxylic acids is 1. The smallest absolute Gasteiger partial charge is 0.319 e. The Balaban J connectivity index is 1.88. The van der Waals surface area contributed by atoms with Crippen molar-refractivity contribution in [3.05, 3.63) is 65.2 Å². The highest BCUT2D eigenvalue weighted by molar-refractivity contribution is 5.90. The van der Waals surface area contributed by atoms with Gasteiger partial charge in [-0.1, -0.05) is 42.5 Å². The van der Waals surface area contributed by atoms with Gasteiger partial charge in [0.1, 0.15) is 0 Å². The fourth-order valence-electron chi connectivity index (χ4n) is 2.46. The van der Waals surface area contributed by atoms with Crippen LogP contribution in [0.2, 0.25) is 0 Å². The number of amides is 2. The number of hydrogen-bond acceptors (Lipinski definition) is 2. The fourth-order valence-corrected chi connectivity index (χ4v) is 2.46. The lowest BCUT2D eigenvalue weighted by atomic mass is 10.0. The lowest BCUT2D eigenvalue weighted by Crippen LogP contribution is -2.37. The molecule has 2 amide bonds. The summed E-state index contributed by atoms with van der Waals surface area (Å²) in [6.45, 7) is 5.83. The molecule has 0 aliphatic carbocycles. The first-order valence-corrected chi connectivity index (χ1v) is 7.83. The Kier molecular flexibility index (Phi) is 5.77. The maximum absolute atomic E-state index is 12.1. The summed E-state index contributed by atoms with van der Waals surface area (Å²) in [7, 11) is 0. The Morgan fingerprint density at radius 3 is 2.52 bits per heavy atom. The molecule has 0 aliphatic heterocycles. The van der Waals surface area contributed by atoms with E-state index in [4.69, 9.17) is 0 Å². The summed E-state index contributed by atoms with van der Waals surface area (Å²) in [5.74, 6) is 0. The molecule has 23 heavy (non-hydrogen) atoms. The Bertz CT molecular complexity index is 656. The van der Waals surface area contributed by atoms with Crippen LogP contribution in [0.4, 0.5) is 10.5 Å². The van der Waals surface area contributed by atoms with Gasteiger partial charge in [-0.2, -0.15) is 0 Å². The number of aliphatic hydroxyl groups is 1. The van der Waals surface area contributed by atoms with Gasteiger partial charge in [0.05, 0.1) is 6.10 Å². The van der Waals surface area contributed by atoms with Gasteiger partial charge in [-0.3, -0.25) is 0 Å². The van der Waals surface area contributed by atoms with Crippen molar-refractivity contribution in [1.29, 1.82) is 0 Å². The number of benzene rings is 2. The summed E-state index contributed by atoms with van der Waals surface area (Å²) in [6, 6.07) is 15.0. The van der Waals surface area contributed by atoms with Crippen molar-refractivity contribution < 1.29 is 9.90 Å². The van der Waals surface area contributed by atoms with E-state index in [1.54, 1.807) is 0 Å². The molecule has 122 valence electrons. The lowest BCUT2D eigenvalue weighted by molar-refractivity contribution is 0.155. The van der Waals surface area contributed by atoms with E-state index in [2.05, 4.69) is 10.6 Å². The highest BCUT2D eigenvalue weighted by Crippen LogP contribution is 2.18. The molecular weight excluding hydrogens is 288 g/mol. The SMILES string of the molecule is Cc1ccc(C)c(NC(=O)NC(C)CC(O)c2ccccc2)c1. The monoisotopic (exact) mass is 312 g/mol. The van der Waals surface area contributed by atoms with Crippen LogP contribution in [0, 0.1) is 13.8 Å². The predicted molar refractivity (Wildman–Crippen MR) is 93.6 cm³/mol. The number of hydrogen-bond donors (Lipinski definition) is 3. The molecule has 0 spiro atoms. The van der Waals surface area contributed by atoms with Crippen LogP contribution in [0.25, 0.3) is 0 Å². The second-order valence-corrected chi connectivity index (χ2v) is 5.98. The molecule has 0 radical (unpaired) electrons.